The van der Waals surface area contributed by atoms with Crippen molar-refractivity contribution in [3.63, 3.8) is 0 Å². The van der Waals surface area contributed by atoms with E-state index in [-0.39, 0.29) is 50.5 Å². The van der Waals surface area contributed by atoms with E-state index in [1.165, 1.54) is 7.11 Å². The van der Waals surface area contributed by atoms with Crippen LogP contribution in [-0.2, 0) is 56.9 Å². The van der Waals surface area contributed by atoms with Crippen molar-refractivity contribution in [3.05, 3.63) is 0 Å². The van der Waals surface area contributed by atoms with Gasteiger partial charge in [0.1, 0.15) is 42.2 Å². The molecule has 5 heterocycles. The van der Waals surface area contributed by atoms with Gasteiger partial charge in [-0.05, 0) is 94.8 Å². The molecule has 0 unspecified atom stereocenters. The number of aliphatic hydroxyl groups is 6. The largest absolute Gasteiger partial charge is 0.509 e. The lowest BCUT2D eigenvalue weighted by Gasteiger charge is -2.49. The van der Waals surface area contributed by atoms with Gasteiger partial charge in [-0.1, -0.05) is 20.8 Å². The van der Waals surface area contributed by atoms with Crippen molar-refractivity contribution in [3.8, 4) is 0 Å². The van der Waals surface area contributed by atoms with Gasteiger partial charge in [-0.2, -0.15) is 0 Å². The van der Waals surface area contributed by atoms with Crippen LogP contribution in [0.15, 0.2) is 0 Å². The number of aliphatic hydroxyl groups excluding tert-OH is 5. The number of cyclic esters (lactones) is 1. The van der Waals surface area contributed by atoms with Crippen molar-refractivity contribution in [2.24, 2.45) is 17.8 Å². The predicted octanol–water partition coefficient (Wildman–Crippen LogP) is 0.633. The molecule has 1 amide bonds. The van der Waals surface area contributed by atoms with Crippen molar-refractivity contribution < 1.29 is 97.1 Å². The summed E-state index contributed by atoms with van der Waals surface area (Å²) in [5.41, 5.74) is -4.28. The SMILES string of the molecule is CC[C@H]1OC(=O)[C@H](C)[C@H](O[C@H]2C[C@@](C)(OC)[C@@H](OC(=O)NCCO[C@@H]3O[C@H](CO)[C@@H](O)[C@H](O)[C@@H]3O)[C@H](C)O2)[C@@H](C)[C@@H](O[C@@H]2O[C@H](C)C[C@H](N(C)C)[C@H]2O)[C@](C)(O)C[C@@H](C)CN(C)[C@H](C)[C@H]2OC(=O)O[C@@]21C. The van der Waals surface area contributed by atoms with Gasteiger partial charge in [-0.25, -0.2) is 9.59 Å². The first kappa shape index (κ1) is 59.3. The number of amides is 1. The Bertz CT molecular complexity index is 1750. The molecule has 5 rings (SSSR count). The molecule has 23 nitrogen and oxygen atoms in total. The van der Waals surface area contributed by atoms with Gasteiger partial charge < -0.3 is 93.0 Å². The molecule has 0 aromatic rings. The Hall–Kier alpha value is -2.59. The van der Waals surface area contributed by atoms with E-state index < -0.39 is 146 Å². The molecule has 0 aromatic carbocycles. The van der Waals surface area contributed by atoms with Gasteiger partial charge in [0.2, 0.25) is 0 Å². The monoisotopic (exact) mass is 1020 g/mol. The average molecular weight is 1020 g/mol. The average Bonchev–Trinajstić information content (AvgIpc) is 3.61. The number of ether oxygens (including phenoxy) is 11. The predicted molar refractivity (Wildman–Crippen MR) is 249 cm³/mol. The Morgan fingerprint density at radius 1 is 0.887 bits per heavy atom. The number of hydrogen-bond acceptors (Lipinski definition) is 22. The minimum atomic E-state index is -1.65. The fourth-order valence-corrected chi connectivity index (χ4v) is 11.2. The van der Waals surface area contributed by atoms with Crippen molar-refractivity contribution in [2.75, 3.05) is 54.6 Å². The molecule has 5 aliphatic heterocycles. The van der Waals surface area contributed by atoms with E-state index in [9.17, 15) is 45.0 Å². The van der Waals surface area contributed by atoms with Crippen LogP contribution in [0.5, 0.6) is 0 Å². The van der Waals surface area contributed by atoms with E-state index in [0.29, 0.717) is 13.0 Å². The summed E-state index contributed by atoms with van der Waals surface area (Å²) in [6.45, 7) is 17.2. The molecule has 0 aliphatic carbocycles. The third kappa shape index (κ3) is 13.5. The number of alkyl carbamates (subject to hydrolysis) is 1. The van der Waals surface area contributed by atoms with E-state index in [0.717, 1.165) is 0 Å². The Morgan fingerprint density at radius 2 is 1.56 bits per heavy atom. The van der Waals surface area contributed by atoms with E-state index in [1.807, 2.05) is 58.6 Å². The number of likely N-dealkylation sites (N-methyl/N-ethyl adjacent to an activating group) is 2. The molecule has 71 heavy (non-hydrogen) atoms. The number of hydrogen-bond donors (Lipinski definition) is 7. The molecule has 5 fully saturated rings. The lowest BCUT2D eigenvalue weighted by Crippen LogP contribution is -2.61. The van der Waals surface area contributed by atoms with Crippen LogP contribution in [0, 0.1) is 17.8 Å². The molecular formula is C48H85N3O20. The summed E-state index contributed by atoms with van der Waals surface area (Å²) in [7, 11) is 7.05. The maximum atomic E-state index is 14.7. The van der Waals surface area contributed by atoms with Gasteiger partial charge in [0.05, 0.1) is 49.1 Å². The molecule has 0 radical (unpaired) electrons. The minimum absolute atomic E-state index is 0.0305. The number of rotatable bonds is 13. The smallest absolute Gasteiger partial charge is 0.458 e. The Balaban J connectivity index is 1.43. The lowest BCUT2D eigenvalue weighted by atomic mass is 9.77. The highest BCUT2D eigenvalue weighted by Gasteiger charge is 2.59. The van der Waals surface area contributed by atoms with Crippen LogP contribution in [0.1, 0.15) is 94.9 Å². The molecule has 0 aromatic heterocycles. The van der Waals surface area contributed by atoms with Crippen LogP contribution in [0.3, 0.4) is 0 Å². The zero-order chi connectivity index (χ0) is 53.1. The molecular weight excluding hydrogens is 939 g/mol. The Labute approximate surface area is 417 Å². The van der Waals surface area contributed by atoms with Gasteiger partial charge in [0.25, 0.3) is 0 Å². The summed E-state index contributed by atoms with van der Waals surface area (Å²) in [6, 6.07) is -0.750. The summed E-state index contributed by atoms with van der Waals surface area (Å²) < 4.78 is 67.1. The van der Waals surface area contributed by atoms with E-state index in [4.69, 9.17) is 52.1 Å². The second kappa shape index (κ2) is 24.4. The lowest BCUT2D eigenvalue weighted by molar-refractivity contribution is -0.317. The standard InChI is InChI=1S/C48H85N3O20/c1-15-31-48(10)39(70-45(59)71-48)27(6)51(13)21-23(2)19-46(8,60)38(68-43-33(53)29(50(11)12)18-24(3)63-43)25(4)37(26(5)41(57)66-31)67-32-20-47(9,61-14)40(28(7)64-32)69-44(58)49-16-17-62-42-36(56)35(55)34(54)30(22-52)65-42/h23-40,42-43,52-56,60H,15-22H2,1-14H3,(H,49,58)/t23-,24-,25-,26-,27-,28+,29+,30-,31-,32+,33-,34-,35+,36+,37-,38-,39-,40+,42-,43+,46-,47-,48-/m1/s1. The molecule has 23 heteroatoms. The highest BCUT2D eigenvalue weighted by Crippen LogP contribution is 2.42. The maximum Gasteiger partial charge on any atom is 0.509 e. The number of carbonyl (C=O) groups excluding carboxylic acids is 3. The number of nitrogens with zero attached hydrogens (tertiary/aromatic N) is 2. The maximum absolute atomic E-state index is 14.7. The van der Waals surface area contributed by atoms with Crippen LogP contribution in [0.2, 0.25) is 0 Å². The first-order chi connectivity index (χ1) is 33.1. The molecule has 23 atom stereocenters. The molecule has 7 N–H and O–H groups in total. The quantitative estimate of drug-likeness (QED) is 0.0757. The Kier molecular flexibility index (Phi) is 20.4. The van der Waals surface area contributed by atoms with Gasteiger partial charge in [-0.3, -0.25) is 9.69 Å². The summed E-state index contributed by atoms with van der Waals surface area (Å²) >= 11 is 0. The number of carbonyl (C=O) groups is 3. The van der Waals surface area contributed by atoms with Crippen LogP contribution < -0.4 is 5.32 Å². The number of nitrogens with one attached hydrogen (secondary N) is 1. The second-order valence-corrected chi connectivity index (χ2v) is 21.4. The van der Waals surface area contributed by atoms with Gasteiger partial charge in [0.15, 0.2) is 36.7 Å². The number of methoxy groups -OCH3 is 1. The van der Waals surface area contributed by atoms with Gasteiger partial charge >= 0.3 is 18.2 Å². The van der Waals surface area contributed by atoms with Crippen LogP contribution in [0.4, 0.5) is 9.59 Å². The fraction of sp³-hybridized carbons (Fsp3) is 0.938. The molecule has 5 saturated heterocycles. The highest BCUT2D eigenvalue weighted by atomic mass is 16.8. The summed E-state index contributed by atoms with van der Waals surface area (Å²) in [5.74, 6) is -2.86. The fourth-order valence-electron chi connectivity index (χ4n) is 11.2. The zero-order valence-corrected chi connectivity index (χ0v) is 44.0. The summed E-state index contributed by atoms with van der Waals surface area (Å²) in [6.07, 6.45) is -17.9. The first-order valence-electron chi connectivity index (χ1n) is 25.0. The number of esters is 1. The van der Waals surface area contributed by atoms with E-state index >= 15 is 0 Å². The first-order valence-corrected chi connectivity index (χ1v) is 25.0. The van der Waals surface area contributed by atoms with Crippen molar-refractivity contribution >= 4 is 18.2 Å². The van der Waals surface area contributed by atoms with Crippen LogP contribution in [0.25, 0.3) is 0 Å². The second-order valence-electron chi connectivity index (χ2n) is 21.4. The molecule has 0 spiro atoms. The Morgan fingerprint density at radius 3 is 2.18 bits per heavy atom. The molecule has 5 aliphatic rings. The third-order valence-electron chi connectivity index (χ3n) is 15.4. The molecule has 0 saturated carbocycles. The summed E-state index contributed by atoms with van der Waals surface area (Å²) in [4.78, 5) is 44.8. The normalized spacial score (nSPS) is 46.5. The van der Waals surface area contributed by atoms with Gasteiger partial charge in [-0.15, -0.1) is 0 Å². The number of fused-ring (bicyclic) bond motifs is 1. The van der Waals surface area contributed by atoms with Crippen LogP contribution >= 0.6 is 0 Å². The van der Waals surface area contributed by atoms with Crippen molar-refractivity contribution in [2.45, 2.75) is 216 Å². The topological polar surface area (TPSA) is 293 Å². The van der Waals surface area contributed by atoms with E-state index in [2.05, 4.69) is 5.32 Å². The third-order valence-corrected chi connectivity index (χ3v) is 15.4. The van der Waals surface area contributed by atoms with E-state index in [1.54, 1.807) is 41.5 Å². The van der Waals surface area contributed by atoms with Crippen LogP contribution in [-0.4, -0.2) is 234 Å². The van der Waals surface area contributed by atoms with Crippen molar-refractivity contribution in [1.29, 1.82) is 0 Å². The van der Waals surface area contributed by atoms with Crippen molar-refractivity contribution in [1.82, 2.24) is 15.1 Å². The summed E-state index contributed by atoms with van der Waals surface area (Å²) in [5, 5.41) is 67.0. The highest BCUT2D eigenvalue weighted by molar-refractivity contribution is 5.73. The zero-order valence-electron chi connectivity index (χ0n) is 44.0. The minimum Gasteiger partial charge on any atom is -0.458 e. The van der Waals surface area contributed by atoms with Gasteiger partial charge in [0, 0.05) is 44.6 Å². The molecule has 412 valence electrons. The molecule has 0 bridgehead atoms.